The Morgan fingerprint density at radius 1 is 1.07 bits per heavy atom. The first-order valence-electron chi connectivity index (χ1n) is 9.78. The van der Waals surface area contributed by atoms with E-state index in [9.17, 15) is 13.2 Å². The third-order valence-corrected chi connectivity index (χ3v) is 8.73. The molecule has 0 bridgehead atoms. The normalized spacial score (nSPS) is 18.1. The van der Waals surface area contributed by atoms with Crippen molar-refractivity contribution in [3.63, 3.8) is 0 Å². The van der Waals surface area contributed by atoms with E-state index in [4.69, 9.17) is 4.42 Å². The Morgan fingerprint density at radius 3 is 2.73 bits per heavy atom. The predicted octanol–water partition coefficient (Wildman–Crippen LogP) is 4.69. The summed E-state index contributed by atoms with van der Waals surface area (Å²) in [6, 6.07) is 16.7. The number of hydrogen-bond acceptors (Lipinski definition) is 5. The number of fused-ring (bicyclic) bond motifs is 3. The summed E-state index contributed by atoms with van der Waals surface area (Å²) in [4.78, 5) is 12.9. The Labute approximate surface area is 178 Å². The summed E-state index contributed by atoms with van der Waals surface area (Å²) < 4.78 is 33.2. The summed E-state index contributed by atoms with van der Waals surface area (Å²) in [5, 5.41) is 6.71. The molecule has 1 aliphatic rings. The lowest BCUT2D eigenvalue weighted by molar-refractivity contribution is -0.120. The molecule has 5 rings (SSSR count). The first-order valence-corrected chi connectivity index (χ1v) is 12.1. The molecule has 0 aliphatic carbocycles. The number of hydrogen-bond donors (Lipinski definition) is 1. The second kappa shape index (κ2) is 7.54. The van der Waals surface area contributed by atoms with E-state index in [1.807, 2.05) is 42.5 Å². The molecule has 1 N–H and O–H groups in total. The molecule has 2 aromatic carbocycles. The fourth-order valence-corrected chi connectivity index (χ4v) is 6.63. The largest absolute Gasteiger partial charge is 0.456 e. The molecule has 4 aromatic rings. The summed E-state index contributed by atoms with van der Waals surface area (Å²) in [5.41, 5.74) is 2.15. The number of carbonyl (C=O) groups excluding carboxylic acids is 1. The van der Waals surface area contributed by atoms with Crippen LogP contribution in [-0.2, 0) is 14.8 Å². The molecule has 0 unspecified atom stereocenters. The summed E-state index contributed by atoms with van der Waals surface area (Å²) in [7, 11) is -3.54. The highest BCUT2D eigenvalue weighted by molar-refractivity contribution is 7.91. The number of thiophene rings is 1. The van der Waals surface area contributed by atoms with Crippen LogP contribution in [0.1, 0.15) is 12.8 Å². The maximum absolute atomic E-state index is 12.9. The minimum absolute atomic E-state index is 0.170. The van der Waals surface area contributed by atoms with Crippen LogP contribution in [0.3, 0.4) is 0 Å². The quantitative estimate of drug-likeness (QED) is 0.499. The number of piperidine rings is 1. The van der Waals surface area contributed by atoms with Gasteiger partial charge in [0.25, 0.3) is 10.0 Å². The second-order valence-electron chi connectivity index (χ2n) is 7.43. The van der Waals surface area contributed by atoms with E-state index in [0.717, 1.165) is 16.4 Å². The van der Waals surface area contributed by atoms with Crippen molar-refractivity contribution < 1.29 is 17.6 Å². The van der Waals surface area contributed by atoms with Gasteiger partial charge >= 0.3 is 0 Å². The van der Waals surface area contributed by atoms with Gasteiger partial charge in [-0.05, 0) is 42.5 Å². The van der Waals surface area contributed by atoms with Crippen molar-refractivity contribution in [2.45, 2.75) is 17.1 Å². The van der Waals surface area contributed by atoms with E-state index in [0.29, 0.717) is 34.9 Å². The van der Waals surface area contributed by atoms with Gasteiger partial charge < -0.3 is 9.73 Å². The highest BCUT2D eigenvalue weighted by atomic mass is 32.2. The van der Waals surface area contributed by atoms with Crippen molar-refractivity contribution in [3.05, 3.63) is 60.0 Å². The fourth-order valence-electron chi connectivity index (χ4n) is 3.96. The lowest BCUT2D eigenvalue weighted by Gasteiger charge is -2.30. The van der Waals surface area contributed by atoms with E-state index in [-0.39, 0.29) is 18.4 Å². The second-order valence-corrected chi connectivity index (χ2v) is 10.5. The van der Waals surface area contributed by atoms with Crippen LogP contribution >= 0.6 is 11.3 Å². The highest BCUT2D eigenvalue weighted by Gasteiger charge is 2.33. The zero-order valence-corrected chi connectivity index (χ0v) is 17.7. The van der Waals surface area contributed by atoms with E-state index in [1.54, 1.807) is 17.5 Å². The van der Waals surface area contributed by atoms with Gasteiger partial charge in [-0.2, -0.15) is 4.31 Å². The Kier molecular flexibility index (Phi) is 4.85. The van der Waals surface area contributed by atoms with Crippen molar-refractivity contribution in [2.24, 2.45) is 5.92 Å². The Bertz CT molecular complexity index is 1330. The van der Waals surface area contributed by atoms with Crippen LogP contribution in [0.4, 0.5) is 5.69 Å². The molecule has 1 atom stereocenters. The molecule has 2 aromatic heterocycles. The molecule has 0 saturated carbocycles. The van der Waals surface area contributed by atoms with Gasteiger partial charge in [-0.1, -0.05) is 24.3 Å². The number of carbonyl (C=O) groups is 1. The van der Waals surface area contributed by atoms with Crippen molar-refractivity contribution in [2.75, 3.05) is 18.4 Å². The van der Waals surface area contributed by atoms with Crippen LogP contribution in [-0.4, -0.2) is 31.7 Å². The van der Waals surface area contributed by atoms with E-state index in [2.05, 4.69) is 5.32 Å². The SMILES string of the molecule is O=C(Nc1ccc2c(c1)oc1ccccc12)[C@H]1CCCN(S(=O)(=O)c2cccs2)C1. The minimum Gasteiger partial charge on any atom is -0.456 e. The van der Waals surface area contributed by atoms with Crippen molar-refractivity contribution in [3.8, 4) is 0 Å². The Balaban J connectivity index is 1.34. The molecule has 0 spiro atoms. The zero-order valence-electron chi connectivity index (χ0n) is 16.1. The van der Waals surface area contributed by atoms with Crippen molar-refractivity contribution in [1.82, 2.24) is 4.31 Å². The summed E-state index contributed by atoms with van der Waals surface area (Å²) in [6.07, 6.45) is 1.32. The molecule has 1 aliphatic heterocycles. The van der Waals surface area contributed by atoms with E-state index in [1.165, 1.54) is 15.6 Å². The number of sulfonamides is 1. The van der Waals surface area contributed by atoms with Crippen LogP contribution in [0.25, 0.3) is 21.9 Å². The van der Waals surface area contributed by atoms with Gasteiger partial charge in [0.05, 0.1) is 5.92 Å². The Morgan fingerprint density at radius 2 is 1.90 bits per heavy atom. The number of benzene rings is 2. The molecule has 154 valence electrons. The molecule has 3 heterocycles. The number of anilines is 1. The van der Waals surface area contributed by atoms with Gasteiger partial charge in [-0.3, -0.25) is 4.79 Å². The highest BCUT2D eigenvalue weighted by Crippen LogP contribution is 2.31. The van der Waals surface area contributed by atoms with Crippen LogP contribution in [0.2, 0.25) is 0 Å². The van der Waals surface area contributed by atoms with Gasteiger partial charge in [-0.25, -0.2) is 8.42 Å². The molecule has 0 radical (unpaired) electrons. The van der Waals surface area contributed by atoms with E-state index >= 15 is 0 Å². The molecular formula is C22H20N2O4S2. The number of rotatable bonds is 4. The van der Waals surface area contributed by atoms with Gasteiger partial charge in [-0.15, -0.1) is 11.3 Å². The first-order chi connectivity index (χ1) is 14.5. The standard InChI is InChI=1S/C22H20N2O4S2/c25-22(15-5-3-11-24(14-15)30(26,27)21-8-4-12-29-21)23-16-9-10-18-17-6-1-2-7-19(17)28-20(18)13-16/h1-2,4,6-10,12-13,15H,3,5,11,14H2,(H,23,25)/t15-/m0/s1. The first kappa shape index (κ1) is 19.3. The van der Waals surface area contributed by atoms with Gasteiger partial charge in [0, 0.05) is 35.6 Å². The van der Waals surface area contributed by atoms with Crippen LogP contribution in [0, 0.1) is 5.92 Å². The Hall–Kier alpha value is -2.68. The minimum atomic E-state index is -3.54. The topological polar surface area (TPSA) is 79.6 Å². The summed E-state index contributed by atoms with van der Waals surface area (Å²) in [5.74, 6) is -0.559. The molecule has 30 heavy (non-hydrogen) atoms. The number of para-hydroxylation sites is 1. The molecule has 1 amide bonds. The molecular weight excluding hydrogens is 420 g/mol. The van der Waals surface area contributed by atoms with Gasteiger partial charge in [0.1, 0.15) is 15.4 Å². The van der Waals surface area contributed by atoms with Crippen LogP contribution in [0.5, 0.6) is 0 Å². The molecule has 1 fully saturated rings. The third kappa shape index (κ3) is 3.40. The van der Waals surface area contributed by atoms with Crippen molar-refractivity contribution >= 4 is 54.9 Å². The molecule has 6 nitrogen and oxygen atoms in total. The number of nitrogens with one attached hydrogen (secondary N) is 1. The lowest BCUT2D eigenvalue weighted by atomic mass is 9.98. The van der Waals surface area contributed by atoms with Gasteiger partial charge in [0.15, 0.2) is 0 Å². The third-order valence-electron chi connectivity index (χ3n) is 5.49. The average molecular weight is 441 g/mol. The van der Waals surface area contributed by atoms with Crippen LogP contribution < -0.4 is 5.32 Å². The van der Waals surface area contributed by atoms with Crippen molar-refractivity contribution in [1.29, 1.82) is 0 Å². The monoisotopic (exact) mass is 440 g/mol. The number of furan rings is 1. The zero-order chi connectivity index (χ0) is 20.7. The molecule has 8 heteroatoms. The van der Waals surface area contributed by atoms with E-state index < -0.39 is 10.0 Å². The summed E-state index contributed by atoms with van der Waals surface area (Å²) in [6.45, 7) is 0.633. The predicted molar refractivity (Wildman–Crippen MR) is 118 cm³/mol. The maximum atomic E-state index is 12.9. The number of amides is 1. The molecule has 1 saturated heterocycles. The van der Waals surface area contributed by atoms with Gasteiger partial charge in [0.2, 0.25) is 5.91 Å². The summed E-state index contributed by atoms with van der Waals surface area (Å²) >= 11 is 1.20. The van der Waals surface area contributed by atoms with Crippen LogP contribution in [0.15, 0.2) is 68.6 Å². The average Bonchev–Trinajstić information content (AvgIpc) is 3.42. The smallest absolute Gasteiger partial charge is 0.252 e. The lowest BCUT2D eigenvalue weighted by Crippen LogP contribution is -2.43. The maximum Gasteiger partial charge on any atom is 0.252 e. The number of nitrogens with zero attached hydrogens (tertiary/aromatic N) is 1. The fraction of sp³-hybridized carbons (Fsp3) is 0.227.